The highest BCUT2D eigenvalue weighted by atomic mass is 16.7. The van der Waals surface area contributed by atoms with E-state index in [-0.39, 0.29) is 24.8 Å². The zero-order chi connectivity index (χ0) is 12.4. The zero-order valence-electron chi connectivity index (χ0n) is 11.3. The van der Waals surface area contributed by atoms with Gasteiger partial charge in [0.05, 0.1) is 11.7 Å². The van der Waals surface area contributed by atoms with Crippen molar-refractivity contribution in [3.05, 3.63) is 5.73 Å². The van der Waals surface area contributed by atoms with Crippen LogP contribution in [0.5, 0.6) is 0 Å². The van der Waals surface area contributed by atoms with E-state index in [4.69, 9.17) is 15.0 Å². The summed E-state index contributed by atoms with van der Waals surface area (Å²) in [7, 11) is -0.301. The summed E-state index contributed by atoms with van der Waals surface area (Å²) >= 11 is 0. The van der Waals surface area contributed by atoms with E-state index >= 15 is 0 Å². The molecule has 0 aromatic rings. The van der Waals surface area contributed by atoms with Crippen molar-refractivity contribution in [2.24, 2.45) is 17.3 Å². The molecular weight excluding hydrogens is 213 g/mol. The van der Waals surface area contributed by atoms with Crippen LogP contribution in [-0.4, -0.2) is 24.8 Å². The minimum atomic E-state index is -0.301. The van der Waals surface area contributed by atoms with Gasteiger partial charge in [0.2, 0.25) is 0 Å². The Labute approximate surface area is 105 Å². The van der Waals surface area contributed by atoms with Crippen molar-refractivity contribution in [1.29, 1.82) is 0 Å². The highest BCUT2D eigenvalue weighted by Gasteiger charge is 2.66. The number of rotatable bonds is 2. The molecule has 1 aliphatic heterocycles. The Morgan fingerprint density at radius 1 is 1.41 bits per heavy atom. The lowest BCUT2D eigenvalue weighted by Gasteiger charge is -2.63. The van der Waals surface area contributed by atoms with E-state index in [0.717, 1.165) is 18.8 Å². The average Bonchev–Trinajstić information content (AvgIpc) is 2.64. The van der Waals surface area contributed by atoms with E-state index in [2.05, 4.69) is 20.8 Å². The number of hydrogen-bond acceptors (Lipinski definition) is 2. The molecule has 1 saturated heterocycles. The lowest BCUT2D eigenvalue weighted by molar-refractivity contribution is -0.185. The summed E-state index contributed by atoms with van der Waals surface area (Å²) in [4.78, 5) is 0. The third kappa shape index (κ3) is 1.47. The quantitative estimate of drug-likeness (QED) is 0.691. The molecule has 0 spiro atoms. The molecule has 0 aromatic heterocycles. The molecule has 0 radical (unpaired) electrons. The molecule has 3 nitrogen and oxygen atoms in total. The van der Waals surface area contributed by atoms with Crippen LogP contribution in [0, 0.1) is 17.3 Å². The summed E-state index contributed by atoms with van der Waals surface area (Å²) in [6.45, 7) is 8.94. The van der Waals surface area contributed by atoms with Gasteiger partial charge in [-0.1, -0.05) is 27.2 Å². The van der Waals surface area contributed by atoms with Crippen molar-refractivity contribution in [2.45, 2.75) is 64.6 Å². The number of hydrogen-bond donors (Lipinski definition) is 0. The van der Waals surface area contributed by atoms with Crippen LogP contribution < -0.4 is 0 Å². The van der Waals surface area contributed by atoms with Crippen LogP contribution in [0.2, 0.25) is 0 Å². The first kappa shape index (κ1) is 12.0. The average molecular weight is 236 g/mol. The van der Waals surface area contributed by atoms with Gasteiger partial charge in [-0.15, -0.1) is 5.94 Å². The third-order valence-corrected chi connectivity index (χ3v) is 5.60. The molecule has 0 amide bonds. The Balaban J connectivity index is 1.81. The minimum absolute atomic E-state index is 0.123. The summed E-state index contributed by atoms with van der Waals surface area (Å²) in [5, 5.41) is 0. The molecule has 4 heteroatoms. The summed E-state index contributed by atoms with van der Waals surface area (Å²) in [5.41, 5.74) is 8.27. The van der Waals surface area contributed by atoms with Gasteiger partial charge in [0, 0.05) is 0 Å². The maximum absolute atomic E-state index is 7.98. The van der Waals surface area contributed by atoms with Crippen molar-refractivity contribution in [3.63, 3.8) is 0 Å². The van der Waals surface area contributed by atoms with Crippen molar-refractivity contribution in [3.8, 4) is 0 Å². The van der Waals surface area contributed by atoms with Gasteiger partial charge in [0.25, 0.3) is 0 Å². The van der Waals surface area contributed by atoms with E-state index in [9.17, 15) is 0 Å². The fourth-order valence-corrected chi connectivity index (χ4v) is 4.11. The molecule has 1 N–H and O–H groups in total. The molecule has 4 fully saturated rings. The highest BCUT2D eigenvalue weighted by molar-refractivity contribution is 6.48. The molecular formula is C13H23BNO2-. The summed E-state index contributed by atoms with van der Waals surface area (Å²) in [5.74, 6) is 1.17. The van der Waals surface area contributed by atoms with Gasteiger partial charge in [0.1, 0.15) is 0 Å². The van der Waals surface area contributed by atoms with Crippen LogP contribution in [-0.2, 0) is 9.31 Å². The van der Waals surface area contributed by atoms with E-state index in [1.165, 1.54) is 6.42 Å². The summed E-state index contributed by atoms with van der Waals surface area (Å²) in [6.07, 6.45) is 3.41. The van der Waals surface area contributed by atoms with Gasteiger partial charge in [0.15, 0.2) is 0 Å². The van der Waals surface area contributed by atoms with Gasteiger partial charge in [-0.2, -0.15) is 0 Å². The molecule has 1 unspecified atom stereocenters. The maximum Gasteiger partial charge on any atom is 0.438 e. The van der Waals surface area contributed by atoms with Gasteiger partial charge in [-0.05, 0) is 37.0 Å². The lowest BCUT2D eigenvalue weighted by Crippen LogP contribution is -2.63. The first-order valence-electron chi connectivity index (χ1n) is 6.93. The second-order valence-electron chi connectivity index (χ2n) is 6.93. The molecule has 17 heavy (non-hydrogen) atoms. The Morgan fingerprint density at radius 3 is 2.71 bits per heavy atom. The maximum atomic E-state index is 7.98. The first-order chi connectivity index (χ1) is 7.88. The second kappa shape index (κ2) is 3.49. The Bertz CT molecular complexity index is 335. The van der Waals surface area contributed by atoms with Gasteiger partial charge < -0.3 is 15.0 Å². The molecule has 3 aliphatic carbocycles. The normalized spacial score (nSPS) is 48.5. The summed E-state index contributed by atoms with van der Waals surface area (Å²) in [6, 6.07) is 0. The zero-order valence-corrected chi connectivity index (χ0v) is 11.3. The molecule has 4 rings (SSSR count). The van der Waals surface area contributed by atoms with Crippen LogP contribution in [0.1, 0.15) is 47.0 Å². The van der Waals surface area contributed by atoms with E-state index in [1.54, 1.807) is 0 Å². The molecule has 2 bridgehead atoms. The lowest BCUT2D eigenvalue weighted by atomic mass is 9.45. The van der Waals surface area contributed by atoms with Crippen LogP contribution in [0.25, 0.3) is 5.73 Å². The van der Waals surface area contributed by atoms with Crippen molar-refractivity contribution in [2.75, 3.05) is 0 Å². The largest absolute Gasteiger partial charge is 0.677 e. The SMILES string of the molecule is CC[C@@H]([NH-])B1O[C@@H]2C3C[C@@H](C[C@]2(C)O1)C3(C)C. The number of nitrogens with one attached hydrogen (secondary N) is 1. The highest BCUT2D eigenvalue weighted by Crippen LogP contribution is 2.64. The Kier molecular flexibility index (Phi) is 2.46. The van der Waals surface area contributed by atoms with Crippen molar-refractivity contribution < 1.29 is 9.31 Å². The molecule has 1 heterocycles. The second-order valence-corrected chi connectivity index (χ2v) is 6.93. The molecule has 96 valence electrons. The van der Waals surface area contributed by atoms with Gasteiger partial charge in [-0.3, -0.25) is 0 Å². The standard InChI is InChI=1S/C13H23BNO2/c1-5-10(15)14-16-11-9-6-8(12(9,2)3)7-13(11,4)17-14/h8-11,15H,5-7H2,1-4H3/q-1/t8-,9?,10+,11+,13-/m0/s1. The van der Waals surface area contributed by atoms with Crippen LogP contribution in [0.4, 0.5) is 0 Å². The fourth-order valence-electron chi connectivity index (χ4n) is 4.11. The van der Waals surface area contributed by atoms with Gasteiger partial charge >= 0.3 is 7.12 Å². The van der Waals surface area contributed by atoms with Crippen LogP contribution in [0.15, 0.2) is 0 Å². The van der Waals surface area contributed by atoms with E-state index < -0.39 is 0 Å². The van der Waals surface area contributed by atoms with Crippen molar-refractivity contribution >= 4 is 7.12 Å². The van der Waals surface area contributed by atoms with E-state index in [0.29, 0.717) is 11.3 Å². The predicted molar refractivity (Wildman–Crippen MR) is 68.5 cm³/mol. The van der Waals surface area contributed by atoms with Crippen LogP contribution >= 0.6 is 0 Å². The molecule has 0 aromatic carbocycles. The predicted octanol–water partition coefficient (Wildman–Crippen LogP) is 3.08. The topological polar surface area (TPSA) is 42.3 Å². The third-order valence-electron chi connectivity index (χ3n) is 5.60. The monoisotopic (exact) mass is 236 g/mol. The van der Waals surface area contributed by atoms with E-state index in [1.807, 2.05) is 6.92 Å². The van der Waals surface area contributed by atoms with Crippen LogP contribution in [0.3, 0.4) is 0 Å². The molecule has 3 saturated carbocycles. The van der Waals surface area contributed by atoms with Gasteiger partial charge in [-0.25, -0.2) is 0 Å². The smallest absolute Gasteiger partial charge is 0.438 e. The van der Waals surface area contributed by atoms with Crippen molar-refractivity contribution in [1.82, 2.24) is 0 Å². The minimum Gasteiger partial charge on any atom is -0.677 e. The fraction of sp³-hybridized carbons (Fsp3) is 1.00. The first-order valence-corrected chi connectivity index (χ1v) is 6.93. The molecule has 4 aliphatic rings. The Hall–Kier alpha value is -0.0551. The molecule has 5 atom stereocenters. The Morgan fingerprint density at radius 2 is 2.12 bits per heavy atom. The summed E-state index contributed by atoms with van der Waals surface area (Å²) < 4.78 is 12.2.